The zero-order valence-corrected chi connectivity index (χ0v) is 22.3. The van der Waals surface area contributed by atoms with Crippen molar-refractivity contribution in [2.45, 2.75) is 46.0 Å². The minimum Gasteiger partial charge on any atom is -0.375 e. The molecule has 2 aromatic carbocycles. The molecule has 5 rings (SSSR count). The topological polar surface area (TPSA) is 45.2 Å². The third-order valence-electron chi connectivity index (χ3n) is 7.38. The molecule has 35 heavy (non-hydrogen) atoms. The van der Waals surface area contributed by atoms with Gasteiger partial charge in [-0.2, -0.15) is 0 Å². The van der Waals surface area contributed by atoms with Gasteiger partial charge in [-0.05, 0) is 68.0 Å². The van der Waals surface area contributed by atoms with Crippen molar-refractivity contribution in [2.24, 2.45) is 5.92 Å². The molecule has 1 aromatic heterocycles. The number of carbonyl (C=O) groups excluding carboxylic acids is 1. The van der Waals surface area contributed by atoms with E-state index in [1.807, 2.05) is 20.3 Å². The van der Waals surface area contributed by atoms with Crippen LogP contribution in [0.1, 0.15) is 43.2 Å². The number of rotatable bonds is 4. The number of anilines is 2. The first-order valence-corrected chi connectivity index (χ1v) is 13.1. The average Bonchev–Trinajstić information content (AvgIpc) is 2.85. The molecule has 1 amide bonds. The number of allylic oxidation sites excluding steroid dienone is 3. The summed E-state index contributed by atoms with van der Waals surface area (Å²) >= 11 is 0. The largest absolute Gasteiger partial charge is 0.375 e. The maximum Gasteiger partial charge on any atom is 0.232 e. The van der Waals surface area contributed by atoms with Crippen LogP contribution >= 0.6 is 9.24 Å². The number of hydrogen-bond donors (Lipinski definition) is 1. The maximum absolute atomic E-state index is 13.5. The quantitative estimate of drug-likeness (QED) is 0.433. The molecule has 180 valence electrons. The predicted octanol–water partition coefficient (Wildman–Crippen LogP) is 6.47. The lowest BCUT2D eigenvalue weighted by atomic mass is 9.78. The second-order valence-corrected chi connectivity index (χ2v) is 10.7. The highest BCUT2D eigenvalue weighted by Crippen LogP contribution is 2.40. The molecule has 1 heterocycles. The Morgan fingerprint density at radius 3 is 2.77 bits per heavy atom. The van der Waals surface area contributed by atoms with Crippen LogP contribution in [0, 0.1) is 19.8 Å². The maximum atomic E-state index is 13.5. The summed E-state index contributed by atoms with van der Waals surface area (Å²) in [5.41, 5.74) is 10.2. The molecular weight excluding hydrogens is 449 g/mol. The van der Waals surface area contributed by atoms with Gasteiger partial charge in [0.25, 0.3) is 0 Å². The van der Waals surface area contributed by atoms with Gasteiger partial charge in [-0.1, -0.05) is 53.6 Å². The Morgan fingerprint density at radius 1 is 1.14 bits per heavy atom. The predicted molar refractivity (Wildman–Crippen MR) is 152 cm³/mol. The van der Waals surface area contributed by atoms with Crippen LogP contribution in [0.15, 0.2) is 59.8 Å². The Balaban J connectivity index is 1.58. The monoisotopic (exact) mass is 483 g/mol. The van der Waals surface area contributed by atoms with Crippen LogP contribution < -0.4 is 15.5 Å². The van der Waals surface area contributed by atoms with Crippen LogP contribution in [0.4, 0.5) is 11.4 Å². The first-order valence-electron chi connectivity index (χ1n) is 12.5. The summed E-state index contributed by atoms with van der Waals surface area (Å²) in [6.07, 6.45) is 11.5. The molecule has 2 unspecified atom stereocenters. The molecule has 3 aromatic rings. The molecule has 0 fully saturated rings. The first-order chi connectivity index (χ1) is 16.8. The Bertz CT molecular complexity index is 1390. The average molecular weight is 484 g/mol. The number of fused-ring (bicyclic) bond motifs is 1. The number of para-hydroxylation sites is 1. The molecule has 0 aliphatic heterocycles. The van der Waals surface area contributed by atoms with Crippen molar-refractivity contribution in [1.82, 2.24) is 4.98 Å². The van der Waals surface area contributed by atoms with E-state index in [1.165, 1.54) is 33.1 Å². The summed E-state index contributed by atoms with van der Waals surface area (Å²) < 4.78 is 0. The number of pyridine rings is 1. The van der Waals surface area contributed by atoms with Crippen LogP contribution in [0.25, 0.3) is 22.0 Å². The fourth-order valence-electron chi connectivity index (χ4n) is 5.73. The first kappa shape index (κ1) is 23.8. The Kier molecular flexibility index (Phi) is 6.51. The zero-order chi connectivity index (χ0) is 24.7. The van der Waals surface area contributed by atoms with Crippen molar-refractivity contribution in [3.05, 3.63) is 71.0 Å². The van der Waals surface area contributed by atoms with Gasteiger partial charge < -0.3 is 10.2 Å². The molecule has 0 saturated carbocycles. The summed E-state index contributed by atoms with van der Waals surface area (Å²) in [6, 6.07) is 10.8. The van der Waals surface area contributed by atoms with Gasteiger partial charge in [0, 0.05) is 25.0 Å². The molecule has 5 heteroatoms. The van der Waals surface area contributed by atoms with Crippen molar-refractivity contribution in [1.29, 1.82) is 0 Å². The van der Waals surface area contributed by atoms with Gasteiger partial charge in [-0.3, -0.25) is 9.78 Å². The number of carbonyl (C=O) groups is 1. The molecule has 4 nitrogen and oxygen atoms in total. The second-order valence-electron chi connectivity index (χ2n) is 10.1. The molecule has 0 radical (unpaired) electrons. The Labute approximate surface area is 210 Å². The van der Waals surface area contributed by atoms with Crippen molar-refractivity contribution >= 4 is 42.7 Å². The van der Waals surface area contributed by atoms with Crippen LogP contribution in [0.5, 0.6) is 0 Å². The third-order valence-corrected chi connectivity index (χ3v) is 8.14. The number of benzene rings is 2. The number of nitrogens with zero attached hydrogens (tertiary/aromatic N) is 2. The molecule has 2 aliphatic carbocycles. The second kappa shape index (κ2) is 9.59. The highest BCUT2D eigenvalue weighted by atomic mass is 31.0. The molecule has 1 N–H and O–H groups in total. The summed E-state index contributed by atoms with van der Waals surface area (Å²) in [6.45, 7) is 4.27. The van der Waals surface area contributed by atoms with Gasteiger partial charge in [-0.25, -0.2) is 0 Å². The van der Waals surface area contributed by atoms with E-state index in [0.717, 1.165) is 59.9 Å². The molecular formula is C30H34N3OP. The van der Waals surface area contributed by atoms with Crippen molar-refractivity contribution in [3.63, 3.8) is 0 Å². The zero-order valence-electron chi connectivity index (χ0n) is 21.1. The fraction of sp³-hybridized carbons (Fsp3) is 0.333. The van der Waals surface area contributed by atoms with Crippen LogP contribution in [0.3, 0.4) is 0 Å². The highest BCUT2D eigenvalue weighted by molar-refractivity contribution is 7.28. The molecule has 2 aliphatic rings. The van der Waals surface area contributed by atoms with Gasteiger partial charge in [-0.15, -0.1) is 9.24 Å². The van der Waals surface area contributed by atoms with Gasteiger partial charge in [0.2, 0.25) is 5.91 Å². The number of aromatic nitrogens is 1. The van der Waals surface area contributed by atoms with E-state index in [4.69, 9.17) is 4.98 Å². The lowest BCUT2D eigenvalue weighted by Gasteiger charge is -2.29. The van der Waals surface area contributed by atoms with E-state index in [0.29, 0.717) is 0 Å². The number of nitrogens with one attached hydrogen (secondary N) is 1. The number of amides is 1. The van der Waals surface area contributed by atoms with Crippen LogP contribution in [0.2, 0.25) is 0 Å². The van der Waals surface area contributed by atoms with E-state index < -0.39 is 0 Å². The lowest BCUT2D eigenvalue weighted by Crippen LogP contribution is -2.28. The van der Waals surface area contributed by atoms with Crippen molar-refractivity contribution in [2.75, 3.05) is 24.3 Å². The third kappa shape index (κ3) is 4.41. The van der Waals surface area contributed by atoms with Crippen LogP contribution in [-0.4, -0.2) is 25.0 Å². The Hall–Kier alpha value is -2.97. The van der Waals surface area contributed by atoms with E-state index in [1.54, 1.807) is 0 Å². The normalized spacial score (nSPS) is 17.5. The number of hydrogen-bond acceptors (Lipinski definition) is 3. The van der Waals surface area contributed by atoms with Gasteiger partial charge in [0.1, 0.15) is 0 Å². The minimum atomic E-state index is -0.0812. The van der Waals surface area contributed by atoms with Gasteiger partial charge in [0.05, 0.1) is 29.0 Å². The smallest absolute Gasteiger partial charge is 0.232 e. The molecule has 0 saturated heterocycles. The number of aryl methyl sites for hydroxylation is 2. The van der Waals surface area contributed by atoms with E-state index in [-0.39, 0.29) is 11.8 Å². The van der Waals surface area contributed by atoms with Gasteiger partial charge in [0.15, 0.2) is 0 Å². The standard InChI is InChI=1S/C30H34N3OP/c1-18-15-19(2)29(35)25(16-18)22-12-8-14-24-27(22)31-17-26(28(24)33(3)4)32-30(34)23-13-7-10-20-9-5-6-11-21(20)23/h6,8,11-12,14-17,23H,5,7,9-10,13,35H2,1-4H3,(H,32,34). The minimum absolute atomic E-state index is 0.0747. The molecule has 0 bridgehead atoms. The summed E-state index contributed by atoms with van der Waals surface area (Å²) in [4.78, 5) is 20.5. The van der Waals surface area contributed by atoms with Crippen molar-refractivity contribution in [3.8, 4) is 11.1 Å². The fourth-order valence-corrected chi connectivity index (χ4v) is 6.05. The van der Waals surface area contributed by atoms with E-state index in [2.05, 4.69) is 75.8 Å². The SMILES string of the molecule is Cc1cc(C)c(P)c(-c2cccc3c(N(C)C)c(NC(=O)C4CCCC5=C4C=CCC5)cnc23)c1. The molecule has 0 spiro atoms. The molecule has 2 atom stereocenters. The lowest BCUT2D eigenvalue weighted by molar-refractivity contribution is -0.119. The van der Waals surface area contributed by atoms with E-state index >= 15 is 0 Å². The van der Waals surface area contributed by atoms with E-state index in [9.17, 15) is 4.79 Å². The van der Waals surface area contributed by atoms with Crippen molar-refractivity contribution < 1.29 is 4.79 Å². The summed E-state index contributed by atoms with van der Waals surface area (Å²) in [7, 11) is 6.95. The highest BCUT2D eigenvalue weighted by Gasteiger charge is 2.29. The summed E-state index contributed by atoms with van der Waals surface area (Å²) in [5, 5.41) is 5.49. The van der Waals surface area contributed by atoms with Gasteiger partial charge >= 0.3 is 0 Å². The summed E-state index contributed by atoms with van der Waals surface area (Å²) in [5.74, 6) is -0.00649. The van der Waals surface area contributed by atoms with Crippen LogP contribution in [-0.2, 0) is 4.79 Å². The Morgan fingerprint density at radius 2 is 1.97 bits per heavy atom.